The summed E-state index contributed by atoms with van der Waals surface area (Å²) in [4.78, 5) is 19.0. The van der Waals surface area contributed by atoms with Gasteiger partial charge in [0, 0.05) is 6.07 Å². The van der Waals surface area contributed by atoms with Crippen molar-refractivity contribution in [3.63, 3.8) is 0 Å². The highest BCUT2D eigenvalue weighted by Crippen LogP contribution is 2.37. The second kappa shape index (κ2) is 7.58. The summed E-state index contributed by atoms with van der Waals surface area (Å²) in [5, 5.41) is 0.0765. The fourth-order valence-electron chi connectivity index (χ4n) is 2.19. The molecule has 0 spiro atoms. The van der Waals surface area contributed by atoms with E-state index in [9.17, 15) is 22.4 Å². The number of hydrogen-bond acceptors (Lipinski definition) is 6. The maximum Gasteiger partial charge on any atom is 0.491 e. The smallest absolute Gasteiger partial charge is 0.491 e. The lowest BCUT2D eigenvalue weighted by Gasteiger charge is -2.13. The molecule has 0 aliphatic rings. The van der Waals surface area contributed by atoms with Crippen molar-refractivity contribution in [1.82, 2.24) is 9.97 Å². The van der Waals surface area contributed by atoms with E-state index in [2.05, 4.69) is 30.6 Å². The van der Waals surface area contributed by atoms with Gasteiger partial charge in [0.25, 0.3) is 0 Å². The Morgan fingerprint density at radius 3 is 2.54 bits per heavy atom. The Labute approximate surface area is 163 Å². The molecular weight excluding hydrogens is 452 g/mol. The van der Waals surface area contributed by atoms with Crippen LogP contribution in [0, 0.1) is 5.82 Å². The molecule has 146 valence electrons. The van der Waals surface area contributed by atoms with Gasteiger partial charge in [0.1, 0.15) is 6.33 Å². The highest BCUT2D eigenvalue weighted by Gasteiger charge is 2.42. The molecule has 0 bridgehead atoms. The van der Waals surface area contributed by atoms with Crippen molar-refractivity contribution in [2.45, 2.75) is 6.18 Å². The predicted octanol–water partition coefficient (Wildman–Crippen LogP) is 4.80. The zero-order valence-electron chi connectivity index (χ0n) is 13.9. The van der Waals surface area contributed by atoms with Crippen LogP contribution in [0.3, 0.4) is 0 Å². The molecule has 1 aromatic heterocycles. The zero-order valence-corrected chi connectivity index (χ0v) is 15.5. The normalized spacial score (nSPS) is 11.4. The number of fused-ring (bicyclic) bond motifs is 1. The van der Waals surface area contributed by atoms with Crippen LogP contribution in [0.4, 0.5) is 17.6 Å². The molecule has 6 nitrogen and oxygen atoms in total. The SMILES string of the molecule is COc1cc2ncnc(Oc3cccc(Br)c3F)c2cc1OC(=O)C(F)(F)F. The Bertz CT molecular complexity index is 1060. The van der Waals surface area contributed by atoms with Crippen LogP contribution in [0.1, 0.15) is 0 Å². The van der Waals surface area contributed by atoms with Gasteiger partial charge >= 0.3 is 12.1 Å². The van der Waals surface area contributed by atoms with Crippen molar-refractivity contribution in [2.24, 2.45) is 0 Å². The zero-order chi connectivity index (χ0) is 20.5. The van der Waals surface area contributed by atoms with Crippen molar-refractivity contribution >= 4 is 32.8 Å². The molecule has 0 radical (unpaired) electrons. The molecule has 11 heteroatoms. The van der Waals surface area contributed by atoms with E-state index < -0.39 is 23.7 Å². The van der Waals surface area contributed by atoms with Crippen molar-refractivity contribution < 1.29 is 36.6 Å². The molecule has 2 aromatic carbocycles. The van der Waals surface area contributed by atoms with Crippen LogP contribution in [-0.4, -0.2) is 29.2 Å². The van der Waals surface area contributed by atoms with Gasteiger partial charge in [-0.05, 0) is 34.1 Å². The molecule has 0 N–H and O–H groups in total. The Morgan fingerprint density at radius 2 is 1.86 bits per heavy atom. The summed E-state index contributed by atoms with van der Waals surface area (Å²) >= 11 is 3.02. The van der Waals surface area contributed by atoms with Gasteiger partial charge in [0.2, 0.25) is 5.88 Å². The van der Waals surface area contributed by atoms with Gasteiger partial charge in [-0.2, -0.15) is 13.2 Å². The van der Waals surface area contributed by atoms with Crippen molar-refractivity contribution in [1.29, 1.82) is 0 Å². The van der Waals surface area contributed by atoms with E-state index in [-0.39, 0.29) is 32.8 Å². The van der Waals surface area contributed by atoms with Crippen LogP contribution in [0.15, 0.2) is 41.1 Å². The molecule has 1 heterocycles. The van der Waals surface area contributed by atoms with Gasteiger partial charge in [0.15, 0.2) is 23.1 Å². The average molecular weight is 461 g/mol. The number of aromatic nitrogens is 2. The predicted molar refractivity (Wildman–Crippen MR) is 92.0 cm³/mol. The Kier molecular flexibility index (Phi) is 5.36. The third-order valence-corrected chi connectivity index (χ3v) is 4.05. The highest BCUT2D eigenvalue weighted by molar-refractivity contribution is 9.10. The maximum absolute atomic E-state index is 14.2. The third kappa shape index (κ3) is 3.98. The number of halogens is 5. The number of ether oxygens (including phenoxy) is 3. The second-order valence-electron chi connectivity index (χ2n) is 5.24. The van der Waals surface area contributed by atoms with Gasteiger partial charge in [-0.3, -0.25) is 0 Å². The summed E-state index contributed by atoms with van der Waals surface area (Å²) in [5.41, 5.74) is 0.212. The molecule has 0 saturated heterocycles. The van der Waals surface area contributed by atoms with E-state index in [1.807, 2.05) is 0 Å². The molecule has 3 aromatic rings. The lowest BCUT2D eigenvalue weighted by atomic mass is 10.2. The Balaban J connectivity index is 2.08. The molecule has 0 fully saturated rings. The number of carbonyl (C=O) groups excluding carboxylic acids is 1. The van der Waals surface area contributed by atoms with Gasteiger partial charge in [-0.15, -0.1) is 0 Å². The topological polar surface area (TPSA) is 70.5 Å². The monoisotopic (exact) mass is 460 g/mol. The van der Waals surface area contributed by atoms with Crippen LogP contribution in [0.25, 0.3) is 10.9 Å². The lowest BCUT2D eigenvalue weighted by molar-refractivity contribution is -0.189. The molecule has 0 atom stereocenters. The first kappa shape index (κ1) is 19.8. The summed E-state index contributed by atoms with van der Waals surface area (Å²) in [6, 6.07) is 6.59. The molecular formula is C17H9BrF4N2O4. The van der Waals surface area contributed by atoms with Crippen LogP contribution in [0.5, 0.6) is 23.1 Å². The average Bonchev–Trinajstić information content (AvgIpc) is 2.64. The van der Waals surface area contributed by atoms with Gasteiger partial charge in [-0.25, -0.2) is 19.2 Å². The Morgan fingerprint density at radius 1 is 1.11 bits per heavy atom. The summed E-state index contributed by atoms with van der Waals surface area (Å²) < 4.78 is 66.6. The molecule has 0 amide bonds. The van der Waals surface area contributed by atoms with Crippen LogP contribution in [-0.2, 0) is 4.79 Å². The molecule has 0 unspecified atom stereocenters. The summed E-state index contributed by atoms with van der Waals surface area (Å²) in [6.45, 7) is 0. The van der Waals surface area contributed by atoms with Crippen LogP contribution in [0.2, 0.25) is 0 Å². The maximum atomic E-state index is 14.2. The largest absolute Gasteiger partial charge is 0.493 e. The van der Waals surface area contributed by atoms with Crippen molar-refractivity contribution in [3.8, 4) is 23.1 Å². The fourth-order valence-corrected chi connectivity index (χ4v) is 2.53. The first-order chi connectivity index (χ1) is 13.2. The first-order valence-corrected chi connectivity index (χ1v) is 8.23. The fraction of sp³-hybridized carbons (Fsp3) is 0.118. The number of hydrogen-bond donors (Lipinski definition) is 0. The number of esters is 1. The molecule has 3 rings (SSSR count). The minimum absolute atomic E-state index is 0.0765. The Hall–Kier alpha value is -2.95. The lowest BCUT2D eigenvalue weighted by Crippen LogP contribution is -2.28. The van der Waals surface area contributed by atoms with E-state index >= 15 is 0 Å². The summed E-state index contributed by atoms with van der Waals surface area (Å²) in [6.07, 6.45) is -4.08. The quantitative estimate of drug-likeness (QED) is 0.316. The summed E-state index contributed by atoms with van der Waals surface area (Å²) in [5.74, 6) is -4.16. The standard InChI is InChI=1S/C17H9BrF4N2O4/c1-26-12-6-10-8(5-13(12)28-16(25)17(20,21)22)15(24-7-23-10)27-11-4-2-3-9(18)14(11)19/h2-7H,1H3. The molecule has 0 aliphatic carbocycles. The van der Waals surface area contributed by atoms with Crippen LogP contribution >= 0.6 is 15.9 Å². The van der Waals surface area contributed by atoms with E-state index in [1.165, 1.54) is 31.4 Å². The summed E-state index contributed by atoms with van der Waals surface area (Å²) in [7, 11) is 1.18. The van der Waals surface area contributed by atoms with Gasteiger partial charge in [-0.1, -0.05) is 6.07 Å². The molecule has 28 heavy (non-hydrogen) atoms. The van der Waals surface area contributed by atoms with Crippen molar-refractivity contribution in [3.05, 3.63) is 46.9 Å². The van der Waals surface area contributed by atoms with Gasteiger partial charge < -0.3 is 14.2 Å². The second-order valence-corrected chi connectivity index (χ2v) is 6.09. The molecule has 0 aliphatic heterocycles. The first-order valence-electron chi connectivity index (χ1n) is 7.44. The van der Waals surface area contributed by atoms with Crippen LogP contribution < -0.4 is 14.2 Å². The minimum Gasteiger partial charge on any atom is -0.493 e. The van der Waals surface area contributed by atoms with E-state index in [0.29, 0.717) is 0 Å². The minimum atomic E-state index is -5.20. The third-order valence-electron chi connectivity index (χ3n) is 3.44. The number of methoxy groups -OCH3 is 1. The van der Waals surface area contributed by atoms with Gasteiger partial charge in [0.05, 0.1) is 22.5 Å². The number of benzene rings is 2. The molecule has 0 saturated carbocycles. The van der Waals surface area contributed by atoms with E-state index in [0.717, 1.165) is 12.4 Å². The highest BCUT2D eigenvalue weighted by atomic mass is 79.9. The number of nitrogens with zero attached hydrogens (tertiary/aromatic N) is 2. The number of alkyl halides is 3. The van der Waals surface area contributed by atoms with E-state index in [1.54, 1.807) is 0 Å². The number of carbonyl (C=O) groups is 1. The van der Waals surface area contributed by atoms with Crippen molar-refractivity contribution in [2.75, 3.05) is 7.11 Å². The van der Waals surface area contributed by atoms with E-state index in [4.69, 9.17) is 9.47 Å². The number of rotatable bonds is 4.